The summed E-state index contributed by atoms with van der Waals surface area (Å²) >= 11 is 3.47. The molecule has 1 aliphatic carbocycles. The van der Waals surface area contributed by atoms with Gasteiger partial charge in [-0.15, -0.1) is 0 Å². The van der Waals surface area contributed by atoms with Crippen molar-refractivity contribution >= 4 is 32.8 Å². The van der Waals surface area contributed by atoms with E-state index in [1.807, 2.05) is 55.1 Å². The first kappa shape index (κ1) is 25.0. The second-order valence-corrected chi connectivity index (χ2v) is 11.2. The summed E-state index contributed by atoms with van der Waals surface area (Å²) in [6.45, 7) is 5.24. The molecule has 5 rings (SSSR count). The van der Waals surface area contributed by atoms with Gasteiger partial charge in [0.05, 0.1) is 17.6 Å². The van der Waals surface area contributed by atoms with E-state index in [4.69, 9.17) is 9.15 Å². The highest BCUT2D eigenvalue weighted by molar-refractivity contribution is 9.10. The van der Waals surface area contributed by atoms with E-state index in [0.717, 1.165) is 52.2 Å². The first-order valence-electron chi connectivity index (χ1n) is 12.7. The third-order valence-corrected chi connectivity index (χ3v) is 8.54. The van der Waals surface area contributed by atoms with Crippen LogP contribution in [0.1, 0.15) is 54.4 Å². The highest BCUT2D eigenvalue weighted by Gasteiger charge is 2.43. The Balaban J connectivity index is 1.35. The summed E-state index contributed by atoms with van der Waals surface area (Å²) in [5, 5.41) is 11.7. The number of rotatable bonds is 5. The molecule has 2 aliphatic rings. The number of amides is 1. The second-order valence-electron chi connectivity index (χ2n) is 10.3. The lowest BCUT2D eigenvalue weighted by atomic mass is 9.71. The molecule has 1 aliphatic heterocycles. The van der Waals surface area contributed by atoms with Crippen LogP contribution in [0.3, 0.4) is 0 Å². The van der Waals surface area contributed by atoms with Gasteiger partial charge in [0.2, 0.25) is 5.91 Å². The van der Waals surface area contributed by atoms with Crippen molar-refractivity contribution in [3.05, 3.63) is 73.5 Å². The van der Waals surface area contributed by atoms with Gasteiger partial charge < -0.3 is 19.2 Å². The van der Waals surface area contributed by atoms with E-state index in [9.17, 15) is 14.7 Å². The third kappa shape index (κ3) is 4.83. The van der Waals surface area contributed by atoms with Crippen LogP contribution in [0.2, 0.25) is 0 Å². The van der Waals surface area contributed by atoms with E-state index in [1.165, 1.54) is 0 Å². The third-order valence-electron chi connectivity index (χ3n) is 8.05. The van der Waals surface area contributed by atoms with Gasteiger partial charge in [-0.1, -0.05) is 40.9 Å². The van der Waals surface area contributed by atoms with Crippen molar-refractivity contribution in [2.24, 2.45) is 5.92 Å². The molecule has 2 atom stereocenters. The molecule has 7 heteroatoms. The molecular weight excluding hydrogens is 522 g/mol. The van der Waals surface area contributed by atoms with Crippen LogP contribution in [0.15, 0.2) is 50.1 Å². The molecule has 2 fully saturated rings. The highest BCUT2D eigenvalue weighted by Crippen LogP contribution is 2.40. The predicted molar refractivity (Wildman–Crippen MR) is 142 cm³/mol. The molecule has 1 saturated heterocycles. The zero-order valence-corrected chi connectivity index (χ0v) is 22.4. The molecule has 2 heterocycles. The molecule has 1 aromatic heterocycles. The van der Waals surface area contributed by atoms with Crippen molar-refractivity contribution < 1.29 is 19.1 Å². The minimum absolute atomic E-state index is 0.00936. The molecule has 6 nitrogen and oxygen atoms in total. The zero-order valence-electron chi connectivity index (χ0n) is 20.8. The number of halogens is 1. The van der Waals surface area contributed by atoms with Crippen LogP contribution in [0.4, 0.5) is 0 Å². The molecular formula is C29H32BrNO5. The van der Waals surface area contributed by atoms with E-state index in [2.05, 4.69) is 15.9 Å². The van der Waals surface area contributed by atoms with Crippen LogP contribution < -0.4 is 10.4 Å². The van der Waals surface area contributed by atoms with Gasteiger partial charge in [0, 0.05) is 34.4 Å². The number of aliphatic hydroxyl groups is 1. The Labute approximate surface area is 219 Å². The maximum atomic E-state index is 13.2. The molecule has 0 spiro atoms. The first-order chi connectivity index (χ1) is 17.2. The van der Waals surface area contributed by atoms with Crippen LogP contribution in [-0.2, 0) is 17.8 Å². The monoisotopic (exact) mass is 553 g/mol. The van der Waals surface area contributed by atoms with Crippen molar-refractivity contribution in [1.29, 1.82) is 0 Å². The first-order valence-corrected chi connectivity index (χ1v) is 13.5. The van der Waals surface area contributed by atoms with Crippen molar-refractivity contribution in [3.63, 3.8) is 0 Å². The van der Waals surface area contributed by atoms with Crippen molar-refractivity contribution in [3.8, 4) is 5.75 Å². The number of hydrogen-bond donors (Lipinski definition) is 1. The number of aryl methyl sites for hydroxylation is 2. The van der Waals surface area contributed by atoms with E-state index in [0.29, 0.717) is 43.0 Å². The number of hydrogen-bond acceptors (Lipinski definition) is 5. The van der Waals surface area contributed by atoms with Crippen LogP contribution in [0, 0.1) is 19.8 Å². The van der Waals surface area contributed by atoms with Gasteiger partial charge in [0.1, 0.15) is 17.9 Å². The van der Waals surface area contributed by atoms with Crippen LogP contribution >= 0.6 is 15.9 Å². The Morgan fingerprint density at radius 3 is 2.83 bits per heavy atom. The fourth-order valence-corrected chi connectivity index (χ4v) is 6.23. The Hall–Kier alpha value is -2.64. The van der Waals surface area contributed by atoms with Crippen LogP contribution in [-0.4, -0.2) is 34.6 Å². The lowest BCUT2D eigenvalue weighted by molar-refractivity contribution is -0.142. The second kappa shape index (κ2) is 10.0. The molecule has 2 aromatic carbocycles. The summed E-state index contributed by atoms with van der Waals surface area (Å²) < 4.78 is 12.8. The maximum absolute atomic E-state index is 13.2. The lowest BCUT2D eigenvalue weighted by Gasteiger charge is -2.47. The Bertz CT molecular complexity index is 1370. The molecule has 1 N–H and O–H groups in total. The maximum Gasteiger partial charge on any atom is 0.340 e. The fraction of sp³-hybridized carbons (Fsp3) is 0.448. The van der Waals surface area contributed by atoms with Gasteiger partial charge in [-0.05, 0) is 68.5 Å². The smallest absolute Gasteiger partial charge is 0.340 e. The summed E-state index contributed by atoms with van der Waals surface area (Å²) in [4.78, 5) is 28.0. The number of likely N-dealkylation sites (tertiary alicyclic amines) is 1. The van der Waals surface area contributed by atoms with Crippen molar-refractivity contribution in [2.45, 2.75) is 64.6 Å². The highest BCUT2D eigenvalue weighted by atomic mass is 79.9. The van der Waals surface area contributed by atoms with E-state index >= 15 is 0 Å². The number of piperidine rings is 1. The van der Waals surface area contributed by atoms with Gasteiger partial charge in [0.25, 0.3) is 0 Å². The Morgan fingerprint density at radius 1 is 1.19 bits per heavy atom. The number of benzene rings is 2. The van der Waals surface area contributed by atoms with E-state index in [1.54, 1.807) is 0 Å². The average molecular weight is 554 g/mol. The Kier molecular flexibility index (Phi) is 6.97. The number of fused-ring (bicyclic) bond motifs is 2. The standard InChI is InChI=1S/C29H32BrNO5/c1-18-23-9-10-25(35-17-20-6-5-8-22(30)14-20)19(2)27(23)36-28(33)24(18)15-26(32)31-13-12-29(34)11-4-3-7-21(29)16-31/h5-6,8-10,14,21,34H,3-4,7,11-13,15-17H2,1-2H3/t21-,29+/m1/s1. The van der Waals surface area contributed by atoms with E-state index < -0.39 is 11.2 Å². The van der Waals surface area contributed by atoms with Gasteiger partial charge >= 0.3 is 5.63 Å². The van der Waals surface area contributed by atoms with Crippen LogP contribution in [0.5, 0.6) is 5.75 Å². The molecule has 1 amide bonds. The minimum atomic E-state index is -0.638. The molecule has 1 saturated carbocycles. The molecule has 0 bridgehead atoms. The number of carbonyl (C=O) groups is 1. The topological polar surface area (TPSA) is 80.0 Å². The zero-order chi connectivity index (χ0) is 25.4. The summed E-state index contributed by atoms with van der Waals surface area (Å²) in [6, 6.07) is 11.7. The molecule has 3 aromatic rings. The average Bonchev–Trinajstić information content (AvgIpc) is 2.86. The van der Waals surface area contributed by atoms with Crippen molar-refractivity contribution in [2.75, 3.05) is 13.1 Å². The quantitative estimate of drug-likeness (QED) is 0.425. The number of carbonyl (C=O) groups excluding carboxylic acids is 1. The SMILES string of the molecule is Cc1c(CC(=O)N2CC[C@@]3(O)CCCC[C@@H]3C2)c(=O)oc2c(C)c(OCc3cccc(Br)c3)ccc12. The van der Waals surface area contributed by atoms with Crippen molar-refractivity contribution in [1.82, 2.24) is 4.90 Å². The summed E-state index contributed by atoms with van der Waals surface area (Å²) in [7, 11) is 0. The number of nitrogens with zero attached hydrogens (tertiary/aromatic N) is 1. The summed E-state index contributed by atoms with van der Waals surface area (Å²) in [5.41, 5.74) is 2.33. The molecule has 190 valence electrons. The van der Waals surface area contributed by atoms with Crippen LogP contribution in [0.25, 0.3) is 11.0 Å². The minimum Gasteiger partial charge on any atom is -0.488 e. The van der Waals surface area contributed by atoms with Gasteiger partial charge in [0.15, 0.2) is 0 Å². The summed E-state index contributed by atoms with van der Waals surface area (Å²) in [5.74, 6) is 0.696. The van der Waals surface area contributed by atoms with Gasteiger partial charge in [-0.25, -0.2) is 4.79 Å². The normalized spacial score (nSPS) is 21.9. The lowest BCUT2D eigenvalue weighted by Crippen LogP contribution is -2.55. The van der Waals surface area contributed by atoms with Gasteiger partial charge in [-0.3, -0.25) is 4.79 Å². The predicted octanol–water partition coefficient (Wildman–Crippen LogP) is 5.45. The fourth-order valence-electron chi connectivity index (χ4n) is 5.78. The Morgan fingerprint density at radius 2 is 2.03 bits per heavy atom. The van der Waals surface area contributed by atoms with Gasteiger partial charge in [-0.2, -0.15) is 0 Å². The molecule has 0 radical (unpaired) electrons. The van der Waals surface area contributed by atoms with E-state index in [-0.39, 0.29) is 18.2 Å². The largest absolute Gasteiger partial charge is 0.488 e. The molecule has 36 heavy (non-hydrogen) atoms. The number of ether oxygens (including phenoxy) is 1. The molecule has 0 unspecified atom stereocenters. The summed E-state index contributed by atoms with van der Waals surface area (Å²) in [6.07, 6.45) is 4.53.